The minimum absolute atomic E-state index is 0.00306. The van der Waals surface area contributed by atoms with Crippen molar-refractivity contribution in [3.05, 3.63) is 6.26 Å². The first-order chi connectivity index (χ1) is 4.06. The molecular weight excluding hydrogens is 143 g/mol. The van der Waals surface area contributed by atoms with E-state index in [2.05, 4.69) is 6.26 Å². The highest BCUT2D eigenvalue weighted by Gasteiger charge is 1.99. The Bertz CT molecular complexity index is 150. The van der Waals surface area contributed by atoms with Crippen LogP contribution < -0.4 is 0 Å². The molecule has 9 heavy (non-hydrogen) atoms. The Hall–Kier alpha value is -0.120. The molecule has 0 aromatic carbocycles. The SMILES string of the molecule is [CH2]S(=O)(=O)CCCCF. The standard InChI is InChI=1S/C5H10FO2S/c1-9(7,8)5-3-2-4-6/h1-5H2. The number of hydrogen-bond acceptors (Lipinski definition) is 2. The minimum atomic E-state index is -3.11. The third-order valence-electron chi connectivity index (χ3n) is 0.839. The van der Waals surface area contributed by atoms with Crippen molar-refractivity contribution in [3.8, 4) is 0 Å². The molecule has 0 aliphatic carbocycles. The first-order valence-electron chi connectivity index (χ1n) is 2.68. The topological polar surface area (TPSA) is 34.1 Å². The lowest BCUT2D eigenvalue weighted by Gasteiger charge is -1.92. The molecule has 0 spiro atoms. The van der Waals surface area contributed by atoms with Crippen molar-refractivity contribution < 1.29 is 12.8 Å². The zero-order valence-electron chi connectivity index (χ0n) is 5.14. The van der Waals surface area contributed by atoms with Crippen LogP contribution >= 0.6 is 0 Å². The molecule has 0 aliphatic rings. The van der Waals surface area contributed by atoms with Gasteiger partial charge in [-0.25, -0.2) is 8.42 Å². The van der Waals surface area contributed by atoms with Crippen molar-refractivity contribution in [3.63, 3.8) is 0 Å². The molecule has 0 aliphatic heterocycles. The van der Waals surface area contributed by atoms with Crippen LogP contribution in [0.3, 0.4) is 0 Å². The monoisotopic (exact) mass is 153 g/mol. The van der Waals surface area contributed by atoms with Crippen LogP contribution in [0.4, 0.5) is 4.39 Å². The molecule has 4 heteroatoms. The summed E-state index contributed by atoms with van der Waals surface area (Å²) in [5.74, 6) is -0.00306. The summed E-state index contributed by atoms with van der Waals surface area (Å²) in [4.78, 5) is 0. The van der Waals surface area contributed by atoms with Gasteiger partial charge in [-0.05, 0) is 12.8 Å². The molecule has 0 aromatic heterocycles. The highest BCUT2D eigenvalue weighted by Crippen LogP contribution is 1.94. The third-order valence-corrected chi connectivity index (χ3v) is 1.75. The quantitative estimate of drug-likeness (QED) is 0.563. The Morgan fingerprint density at radius 1 is 1.33 bits per heavy atom. The fraction of sp³-hybridized carbons (Fsp3) is 0.800. The molecule has 0 rings (SSSR count). The van der Waals surface area contributed by atoms with E-state index < -0.39 is 16.5 Å². The van der Waals surface area contributed by atoms with Gasteiger partial charge in [0.05, 0.1) is 18.7 Å². The summed E-state index contributed by atoms with van der Waals surface area (Å²) < 4.78 is 31.9. The highest BCUT2D eigenvalue weighted by atomic mass is 32.2. The smallest absolute Gasteiger partial charge is 0.151 e. The van der Waals surface area contributed by atoms with Crippen LogP contribution in [0.25, 0.3) is 0 Å². The second kappa shape index (κ2) is 3.82. The van der Waals surface area contributed by atoms with Gasteiger partial charge in [0.2, 0.25) is 0 Å². The summed E-state index contributed by atoms with van der Waals surface area (Å²) in [6.07, 6.45) is 3.58. The van der Waals surface area contributed by atoms with Crippen LogP contribution in [0, 0.1) is 6.26 Å². The zero-order valence-corrected chi connectivity index (χ0v) is 5.95. The van der Waals surface area contributed by atoms with Gasteiger partial charge in [-0.1, -0.05) is 0 Å². The molecule has 0 fully saturated rings. The van der Waals surface area contributed by atoms with Crippen molar-refractivity contribution in [2.24, 2.45) is 0 Å². The van der Waals surface area contributed by atoms with E-state index in [9.17, 15) is 12.8 Å². The Labute approximate surface area is 55.0 Å². The Kier molecular flexibility index (Phi) is 3.77. The molecule has 0 amide bonds. The molecule has 0 bridgehead atoms. The first-order valence-corrected chi connectivity index (χ1v) is 4.50. The van der Waals surface area contributed by atoms with Gasteiger partial charge in [0.15, 0.2) is 9.84 Å². The maximum absolute atomic E-state index is 11.4. The lowest BCUT2D eigenvalue weighted by Crippen LogP contribution is -2.00. The second-order valence-electron chi connectivity index (χ2n) is 1.84. The molecule has 0 unspecified atom stereocenters. The lowest BCUT2D eigenvalue weighted by molar-refractivity contribution is 0.468. The minimum Gasteiger partial charge on any atom is -0.251 e. The van der Waals surface area contributed by atoms with Gasteiger partial charge in [0.25, 0.3) is 0 Å². The lowest BCUT2D eigenvalue weighted by atomic mass is 10.4. The summed E-state index contributed by atoms with van der Waals surface area (Å²) in [6.45, 7) is -0.449. The van der Waals surface area contributed by atoms with Gasteiger partial charge < -0.3 is 0 Å². The molecule has 0 saturated carbocycles. The maximum Gasteiger partial charge on any atom is 0.151 e. The number of hydrogen-bond donors (Lipinski definition) is 0. The van der Waals surface area contributed by atoms with Crippen molar-refractivity contribution in [1.82, 2.24) is 0 Å². The number of alkyl halides is 1. The molecule has 0 atom stereocenters. The molecule has 55 valence electrons. The van der Waals surface area contributed by atoms with Crippen LogP contribution in [0.2, 0.25) is 0 Å². The summed E-state index contributed by atoms with van der Waals surface area (Å²) in [5.41, 5.74) is 0. The van der Waals surface area contributed by atoms with Crippen LogP contribution in [0.5, 0.6) is 0 Å². The van der Waals surface area contributed by atoms with E-state index in [0.717, 1.165) is 0 Å². The Morgan fingerprint density at radius 3 is 2.22 bits per heavy atom. The Morgan fingerprint density at radius 2 is 1.89 bits per heavy atom. The van der Waals surface area contributed by atoms with Gasteiger partial charge in [-0.15, -0.1) is 0 Å². The number of halogens is 1. The van der Waals surface area contributed by atoms with Gasteiger partial charge in [0, 0.05) is 0 Å². The molecule has 2 nitrogen and oxygen atoms in total. The third kappa shape index (κ3) is 7.88. The van der Waals surface area contributed by atoms with Gasteiger partial charge in [-0.3, -0.25) is 4.39 Å². The summed E-state index contributed by atoms with van der Waals surface area (Å²) in [5, 5.41) is 0. The van der Waals surface area contributed by atoms with E-state index in [1.54, 1.807) is 0 Å². The summed E-state index contributed by atoms with van der Waals surface area (Å²) in [7, 11) is -3.11. The number of sulfone groups is 1. The van der Waals surface area contributed by atoms with E-state index in [0.29, 0.717) is 12.8 Å². The van der Waals surface area contributed by atoms with Gasteiger partial charge in [-0.2, -0.15) is 0 Å². The molecule has 0 N–H and O–H groups in total. The fourth-order valence-corrected chi connectivity index (χ4v) is 1.06. The molecule has 0 heterocycles. The second-order valence-corrected chi connectivity index (χ2v) is 3.74. The van der Waals surface area contributed by atoms with Crippen LogP contribution in [-0.4, -0.2) is 20.8 Å². The zero-order chi connectivity index (χ0) is 7.33. The number of rotatable bonds is 4. The predicted octanol–water partition coefficient (Wildman–Crippen LogP) is 0.942. The normalized spacial score (nSPS) is 11.8. The molecule has 1 radical (unpaired) electrons. The van der Waals surface area contributed by atoms with Crippen molar-refractivity contribution in [2.45, 2.75) is 12.8 Å². The van der Waals surface area contributed by atoms with Crippen LogP contribution in [0.15, 0.2) is 0 Å². The predicted molar refractivity (Wildman–Crippen MR) is 34.4 cm³/mol. The number of unbranched alkanes of at least 4 members (excludes halogenated alkanes) is 1. The average Bonchev–Trinajstić information content (AvgIpc) is 1.63. The Balaban J connectivity index is 3.30. The van der Waals surface area contributed by atoms with Crippen molar-refractivity contribution >= 4 is 9.84 Å². The fourth-order valence-electron chi connectivity index (χ4n) is 0.416. The molecule has 0 aromatic rings. The van der Waals surface area contributed by atoms with Crippen molar-refractivity contribution in [2.75, 3.05) is 12.4 Å². The average molecular weight is 153 g/mol. The van der Waals surface area contributed by atoms with E-state index in [1.165, 1.54) is 0 Å². The molecule has 0 saturated heterocycles. The van der Waals surface area contributed by atoms with Gasteiger partial charge >= 0.3 is 0 Å². The maximum atomic E-state index is 11.4. The highest BCUT2D eigenvalue weighted by molar-refractivity contribution is 7.92. The van der Waals surface area contributed by atoms with Crippen LogP contribution in [0.1, 0.15) is 12.8 Å². The first kappa shape index (κ1) is 8.88. The molecular formula is C5H10FO2S. The van der Waals surface area contributed by atoms with Gasteiger partial charge in [0.1, 0.15) is 0 Å². The van der Waals surface area contributed by atoms with Crippen molar-refractivity contribution in [1.29, 1.82) is 0 Å². The van der Waals surface area contributed by atoms with E-state index in [-0.39, 0.29) is 5.75 Å². The van der Waals surface area contributed by atoms with Crippen LogP contribution in [-0.2, 0) is 9.84 Å². The van der Waals surface area contributed by atoms with E-state index in [4.69, 9.17) is 0 Å². The van der Waals surface area contributed by atoms with E-state index >= 15 is 0 Å². The summed E-state index contributed by atoms with van der Waals surface area (Å²) >= 11 is 0. The van der Waals surface area contributed by atoms with E-state index in [1.807, 2.05) is 0 Å². The summed E-state index contributed by atoms with van der Waals surface area (Å²) in [6, 6.07) is 0. The largest absolute Gasteiger partial charge is 0.251 e.